The molecule has 0 saturated heterocycles. The molecule has 2 heteroatoms. The van der Waals surface area contributed by atoms with E-state index in [-0.39, 0.29) is 0 Å². The summed E-state index contributed by atoms with van der Waals surface area (Å²) in [4.78, 5) is 3.77. The van der Waals surface area contributed by atoms with Gasteiger partial charge in [0, 0.05) is 6.21 Å². The van der Waals surface area contributed by atoms with Gasteiger partial charge in [0.15, 0.2) is 0 Å². The van der Waals surface area contributed by atoms with Crippen molar-refractivity contribution in [1.82, 2.24) is 0 Å². The van der Waals surface area contributed by atoms with E-state index in [0.717, 1.165) is 5.57 Å². The van der Waals surface area contributed by atoms with Gasteiger partial charge in [-0.05, 0) is 19.4 Å². The van der Waals surface area contributed by atoms with E-state index in [2.05, 4.69) is 11.6 Å². The van der Waals surface area contributed by atoms with Crippen LogP contribution >= 0.6 is 11.6 Å². The molecule has 0 unspecified atom stereocenters. The molecule has 0 rings (SSSR count). The van der Waals surface area contributed by atoms with Crippen LogP contribution < -0.4 is 0 Å². The van der Waals surface area contributed by atoms with Crippen molar-refractivity contribution in [3.8, 4) is 0 Å². The third-order valence-corrected chi connectivity index (χ3v) is 0.961. The second-order valence-electron chi connectivity index (χ2n) is 1.67. The van der Waals surface area contributed by atoms with Crippen LogP contribution in [0.2, 0.25) is 0 Å². The lowest BCUT2D eigenvalue weighted by atomic mass is 10.3. The third-order valence-electron chi connectivity index (χ3n) is 0.864. The Morgan fingerprint density at radius 1 is 1.67 bits per heavy atom. The van der Waals surface area contributed by atoms with Crippen molar-refractivity contribution in [3.63, 3.8) is 0 Å². The van der Waals surface area contributed by atoms with Gasteiger partial charge in [-0.3, -0.25) is 0 Å². The summed E-state index contributed by atoms with van der Waals surface area (Å²) in [7, 11) is 0. The maximum atomic E-state index is 5.36. The molecule has 0 atom stereocenters. The van der Waals surface area contributed by atoms with Crippen LogP contribution in [0.3, 0.4) is 0 Å². The van der Waals surface area contributed by atoms with E-state index in [1.54, 1.807) is 6.21 Å². The summed E-state index contributed by atoms with van der Waals surface area (Å²) in [6.45, 7) is 7.29. The van der Waals surface area contributed by atoms with Gasteiger partial charge < -0.3 is 0 Å². The zero-order valence-electron chi connectivity index (χ0n) is 5.69. The summed E-state index contributed by atoms with van der Waals surface area (Å²) in [5.41, 5.74) is 1.08. The SMILES string of the molecule is C=C(Cl)/N=C\C(C)=C/C. The lowest BCUT2D eigenvalue weighted by Gasteiger charge is -1.85. The normalized spacial score (nSPS) is 12.6. The maximum absolute atomic E-state index is 5.36. The van der Waals surface area contributed by atoms with E-state index in [9.17, 15) is 0 Å². The molecular weight excluding hydrogens is 134 g/mol. The topological polar surface area (TPSA) is 12.4 Å². The molecule has 0 aromatic carbocycles. The molecule has 0 aromatic rings. The van der Waals surface area contributed by atoms with Crippen molar-refractivity contribution in [1.29, 1.82) is 0 Å². The molecule has 0 fully saturated rings. The highest BCUT2D eigenvalue weighted by molar-refractivity contribution is 6.29. The first-order chi connectivity index (χ1) is 4.16. The summed E-state index contributed by atoms with van der Waals surface area (Å²) < 4.78 is 0. The van der Waals surface area contributed by atoms with Crippen molar-refractivity contribution in [2.75, 3.05) is 0 Å². The van der Waals surface area contributed by atoms with Crippen molar-refractivity contribution in [2.24, 2.45) is 4.99 Å². The van der Waals surface area contributed by atoms with E-state index in [0.29, 0.717) is 5.16 Å². The monoisotopic (exact) mass is 143 g/mol. The third kappa shape index (κ3) is 5.31. The minimum atomic E-state index is 0.316. The van der Waals surface area contributed by atoms with Crippen LogP contribution in [-0.2, 0) is 0 Å². The molecule has 0 saturated carbocycles. The van der Waals surface area contributed by atoms with Gasteiger partial charge in [0.05, 0.1) is 0 Å². The second kappa shape index (κ2) is 4.33. The molecule has 0 bridgehead atoms. The van der Waals surface area contributed by atoms with Crippen LogP contribution in [0, 0.1) is 0 Å². The van der Waals surface area contributed by atoms with Crippen molar-refractivity contribution >= 4 is 17.8 Å². The Hall–Kier alpha value is -0.560. The Balaban J connectivity index is 3.86. The Bertz CT molecular complexity index is 156. The van der Waals surface area contributed by atoms with Crippen LogP contribution in [0.4, 0.5) is 0 Å². The van der Waals surface area contributed by atoms with Crippen LogP contribution in [0.5, 0.6) is 0 Å². The molecule has 0 aromatic heterocycles. The predicted octanol–water partition coefficient (Wildman–Crippen LogP) is 2.73. The van der Waals surface area contributed by atoms with Crippen LogP contribution in [0.25, 0.3) is 0 Å². The minimum Gasteiger partial charge on any atom is -0.245 e. The van der Waals surface area contributed by atoms with Gasteiger partial charge in [-0.15, -0.1) is 0 Å². The zero-order chi connectivity index (χ0) is 7.28. The molecule has 50 valence electrons. The van der Waals surface area contributed by atoms with Crippen LogP contribution in [0.15, 0.2) is 28.4 Å². The fourth-order valence-corrected chi connectivity index (χ4v) is 0.295. The second-order valence-corrected chi connectivity index (χ2v) is 2.10. The zero-order valence-corrected chi connectivity index (χ0v) is 6.44. The van der Waals surface area contributed by atoms with Gasteiger partial charge in [-0.1, -0.05) is 24.3 Å². The lowest BCUT2D eigenvalue weighted by molar-refractivity contribution is 1.49. The number of nitrogens with zero attached hydrogens (tertiary/aromatic N) is 1. The van der Waals surface area contributed by atoms with E-state index in [4.69, 9.17) is 11.6 Å². The first kappa shape index (κ1) is 8.44. The molecule has 0 radical (unpaired) electrons. The molecule has 9 heavy (non-hydrogen) atoms. The first-order valence-electron chi connectivity index (χ1n) is 2.68. The highest BCUT2D eigenvalue weighted by Crippen LogP contribution is 1.97. The lowest BCUT2D eigenvalue weighted by Crippen LogP contribution is -1.74. The smallest absolute Gasteiger partial charge is 0.121 e. The quantitative estimate of drug-likeness (QED) is 0.417. The molecule has 0 aliphatic rings. The summed E-state index contributed by atoms with van der Waals surface area (Å²) in [5.74, 6) is 0. The molecule has 1 nitrogen and oxygen atoms in total. The molecule has 0 heterocycles. The highest BCUT2D eigenvalue weighted by atomic mass is 35.5. The van der Waals surface area contributed by atoms with Crippen LogP contribution in [-0.4, -0.2) is 6.21 Å². The van der Waals surface area contributed by atoms with E-state index < -0.39 is 0 Å². The minimum absolute atomic E-state index is 0.316. The van der Waals surface area contributed by atoms with Crippen molar-refractivity contribution in [3.05, 3.63) is 23.4 Å². The summed E-state index contributed by atoms with van der Waals surface area (Å²) in [5, 5.41) is 0.316. The fraction of sp³-hybridized carbons (Fsp3) is 0.286. The van der Waals surface area contributed by atoms with E-state index in [1.807, 2.05) is 19.9 Å². The molecule has 0 aliphatic heterocycles. The highest BCUT2D eigenvalue weighted by Gasteiger charge is 1.78. The standard InChI is InChI=1S/C7H10ClN/c1-4-6(2)5-9-7(3)8/h4-5H,3H2,1-2H3/b6-4-,9-5-. The van der Waals surface area contributed by atoms with Gasteiger partial charge in [0.1, 0.15) is 5.16 Å². The molecule has 0 aliphatic carbocycles. The molecule has 0 N–H and O–H groups in total. The summed E-state index contributed by atoms with van der Waals surface area (Å²) in [6.07, 6.45) is 3.62. The predicted molar refractivity (Wildman–Crippen MR) is 42.9 cm³/mol. The first-order valence-corrected chi connectivity index (χ1v) is 3.06. The average molecular weight is 144 g/mol. The van der Waals surface area contributed by atoms with Gasteiger partial charge >= 0.3 is 0 Å². The van der Waals surface area contributed by atoms with Gasteiger partial charge in [-0.25, -0.2) is 4.99 Å². The van der Waals surface area contributed by atoms with Crippen molar-refractivity contribution < 1.29 is 0 Å². The Kier molecular flexibility index (Phi) is 4.06. The Labute approximate surface area is 60.7 Å². The van der Waals surface area contributed by atoms with E-state index in [1.165, 1.54) is 0 Å². The summed E-state index contributed by atoms with van der Waals surface area (Å²) >= 11 is 5.36. The number of hydrogen-bond donors (Lipinski definition) is 0. The number of allylic oxidation sites excluding steroid dienone is 2. The average Bonchev–Trinajstić information content (AvgIpc) is 1.83. The number of rotatable bonds is 2. The number of aliphatic imine (C=N–C) groups is 1. The molecule has 0 amide bonds. The van der Waals surface area contributed by atoms with Gasteiger partial charge in [0.2, 0.25) is 0 Å². The number of halogens is 1. The molecule has 0 spiro atoms. The van der Waals surface area contributed by atoms with Gasteiger partial charge in [0.25, 0.3) is 0 Å². The maximum Gasteiger partial charge on any atom is 0.121 e. The largest absolute Gasteiger partial charge is 0.245 e. The van der Waals surface area contributed by atoms with Gasteiger partial charge in [-0.2, -0.15) is 0 Å². The Morgan fingerprint density at radius 2 is 2.22 bits per heavy atom. The number of hydrogen-bond acceptors (Lipinski definition) is 1. The molecular formula is C7H10ClN. The Morgan fingerprint density at radius 3 is 2.56 bits per heavy atom. The fourth-order valence-electron chi connectivity index (χ4n) is 0.246. The van der Waals surface area contributed by atoms with E-state index >= 15 is 0 Å². The summed E-state index contributed by atoms with van der Waals surface area (Å²) in [6, 6.07) is 0. The van der Waals surface area contributed by atoms with Crippen molar-refractivity contribution in [2.45, 2.75) is 13.8 Å². The van der Waals surface area contributed by atoms with Crippen LogP contribution in [0.1, 0.15) is 13.8 Å².